The summed E-state index contributed by atoms with van der Waals surface area (Å²) in [5.41, 5.74) is 3.04. The van der Waals surface area contributed by atoms with E-state index in [0.717, 1.165) is 22.3 Å². The lowest BCUT2D eigenvalue weighted by atomic mass is 9.96. The number of likely N-dealkylation sites (tertiary alicyclic amines) is 1. The molecule has 2 amide bonds. The standard InChI is InChI=1S/C27H32N2O6/c1-16(2)23(24(30)29-14-17(34-4)13-27(29,3)25(31)32)28-26(33)35-15-22-20-11-7-5-9-18(20)19-10-6-8-12-21(19)22/h5-12,16-17,22-23H,13-15H2,1-4H3,(H,28,33)(H,31,32). The molecule has 0 radical (unpaired) electrons. The SMILES string of the molecule is COC1CN(C(=O)C(NC(=O)OCC2c3ccccc3-c3ccccc32)C(C)C)C(C)(C(=O)O)C1. The Morgan fingerprint density at radius 2 is 1.66 bits per heavy atom. The molecule has 4 rings (SSSR count). The second-order valence-electron chi connectivity index (χ2n) is 9.78. The van der Waals surface area contributed by atoms with E-state index in [-0.39, 0.29) is 37.5 Å². The Labute approximate surface area is 205 Å². The molecule has 186 valence electrons. The smallest absolute Gasteiger partial charge is 0.407 e. The molecule has 0 aromatic heterocycles. The summed E-state index contributed by atoms with van der Waals surface area (Å²) in [7, 11) is 1.50. The Balaban J connectivity index is 1.47. The molecular weight excluding hydrogens is 448 g/mol. The van der Waals surface area contributed by atoms with Crippen LogP contribution in [0.25, 0.3) is 11.1 Å². The van der Waals surface area contributed by atoms with Crippen molar-refractivity contribution in [3.8, 4) is 11.1 Å². The molecule has 2 aliphatic rings. The predicted molar refractivity (Wildman–Crippen MR) is 130 cm³/mol. The first-order valence-electron chi connectivity index (χ1n) is 11.9. The van der Waals surface area contributed by atoms with Crippen molar-refractivity contribution in [1.82, 2.24) is 10.2 Å². The predicted octanol–water partition coefficient (Wildman–Crippen LogP) is 3.64. The van der Waals surface area contributed by atoms with Crippen LogP contribution in [0.2, 0.25) is 0 Å². The number of rotatable bonds is 7. The first-order valence-corrected chi connectivity index (χ1v) is 11.9. The number of alkyl carbamates (subject to hydrolysis) is 1. The fourth-order valence-corrected chi connectivity index (χ4v) is 5.17. The Bertz CT molecular complexity index is 1090. The fraction of sp³-hybridized carbons (Fsp3) is 0.444. The Morgan fingerprint density at radius 3 is 2.17 bits per heavy atom. The van der Waals surface area contributed by atoms with Gasteiger partial charge in [0.25, 0.3) is 0 Å². The summed E-state index contributed by atoms with van der Waals surface area (Å²) in [6.07, 6.45) is -0.916. The number of nitrogens with one attached hydrogen (secondary N) is 1. The molecule has 1 aliphatic carbocycles. The molecule has 2 N–H and O–H groups in total. The number of carboxylic acids is 1. The van der Waals surface area contributed by atoms with E-state index in [0.29, 0.717) is 0 Å². The van der Waals surface area contributed by atoms with Crippen molar-refractivity contribution in [3.05, 3.63) is 59.7 Å². The lowest BCUT2D eigenvalue weighted by molar-refractivity contribution is -0.156. The average Bonchev–Trinajstić information content (AvgIpc) is 3.36. The van der Waals surface area contributed by atoms with Gasteiger partial charge in [-0.15, -0.1) is 0 Å². The highest BCUT2D eigenvalue weighted by Gasteiger charge is 2.52. The quantitative estimate of drug-likeness (QED) is 0.627. The maximum atomic E-state index is 13.4. The number of hydrogen-bond donors (Lipinski definition) is 2. The highest BCUT2D eigenvalue weighted by atomic mass is 16.5. The zero-order chi connectivity index (χ0) is 25.3. The number of carboxylic acid groups (broad SMARTS) is 1. The first kappa shape index (κ1) is 24.7. The summed E-state index contributed by atoms with van der Waals surface area (Å²) in [5, 5.41) is 12.5. The number of ether oxygens (including phenoxy) is 2. The van der Waals surface area contributed by atoms with Crippen LogP contribution in [0.5, 0.6) is 0 Å². The Hall–Kier alpha value is -3.39. The van der Waals surface area contributed by atoms with Gasteiger partial charge >= 0.3 is 12.1 Å². The van der Waals surface area contributed by atoms with Crippen molar-refractivity contribution in [2.75, 3.05) is 20.3 Å². The van der Waals surface area contributed by atoms with Gasteiger partial charge in [0.15, 0.2) is 0 Å². The minimum atomic E-state index is -1.41. The number of amides is 2. The number of benzene rings is 2. The van der Waals surface area contributed by atoms with Crippen molar-refractivity contribution >= 4 is 18.0 Å². The van der Waals surface area contributed by atoms with E-state index in [9.17, 15) is 19.5 Å². The molecule has 8 heteroatoms. The lowest BCUT2D eigenvalue weighted by Crippen LogP contribution is -2.58. The summed E-state index contributed by atoms with van der Waals surface area (Å²) in [6.45, 7) is 5.38. The zero-order valence-electron chi connectivity index (χ0n) is 20.5. The topological polar surface area (TPSA) is 105 Å². The normalized spacial score (nSPS) is 22.0. The molecule has 0 saturated carbocycles. The van der Waals surface area contributed by atoms with Gasteiger partial charge in [-0.1, -0.05) is 62.4 Å². The molecule has 1 saturated heterocycles. The Kier molecular flexibility index (Phi) is 6.85. The average molecular weight is 481 g/mol. The third-order valence-electron chi connectivity index (χ3n) is 7.22. The number of hydrogen-bond acceptors (Lipinski definition) is 5. The summed E-state index contributed by atoms with van der Waals surface area (Å²) >= 11 is 0. The van der Waals surface area contributed by atoms with E-state index in [1.165, 1.54) is 18.9 Å². The van der Waals surface area contributed by atoms with Gasteiger partial charge in [0.2, 0.25) is 5.91 Å². The van der Waals surface area contributed by atoms with E-state index in [1.807, 2.05) is 36.4 Å². The number of carbonyl (C=O) groups is 3. The van der Waals surface area contributed by atoms with E-state index < -0.39 is 29.6 Å². The van der Waals surface area contributed by atoms with Gasteiger partial charge < -0.3 is 24.8 Å². The molecule has 8 nitrogen and oxygen atoms in total. The van der Waals surface area contributed by atoms with E-state index in [1.54, 1.807) is 13.8 Å². The van der Waals surface area contributed by atoms with Gasteiger partial charge in [-0.2, -0.15) is 0 Å². The van der Waals surface area contributed by atoms with E-state index >= 15 is 0 Å². The van der Waals surface area contributed by atoms with Crippen LogP contribution < -0.4 is 5.32 Å². The number of methoxy groups -OCH3 is 1. The van der Waals surface area contributed by atoms with Crippen LogP contribution in [0.4, 0.5) is 4.79 Å². The highest BCUT2D eigenvalue weighted by Crippen LogP contribution is 2.44. The second-order valence-corrected chi connectivity index (χ2v) is 9.78. The zero-order valence-corrected chi connectivity index (χ0v) is 20.5. The summed E-state index contributed by atoms with van der Waals surface area (Å²) in [4.78, 5) is 39.6. The summed E-state index contributed by atoms with van der Waals surface area (Å²) in [5.74, 6) is -1.94. The minimum Gasteiger partial charge on any atom is -0.480 e. The van der Waals surface area contributed by atoms with Gasteiger partial charge in [-0.05, 0) is 35.1 Å². The Morgan fingerprint density at radius 1 is 1.09 bits per heavy atom. The molecule has 2 aromatic carbocycles. The van der Waals surface area contributed by atoms with Crippen molar-refractivity contribution in [2.45, 2.75) is 50.8 Å². The molecule has 0 bridgehead atoms. The molecule has 3 unspecified atom stereocenters. The third kappa shape index (κ3) is 4.50. The van der Waals surface area contributed by atoms with E-state index in [4.69, 9.17) is 9.47 Å². The minimum absolute atomic E-state index is 0.0994. The van der Waals surface area contributed by atoms with Crippen molar-refractivity contribution in [2.24, 2.45) is 5.92 Å². The van der Waals surface area contributed by atoms with Gasteiger partial charge in [0.05, 0.1) is 6.10 Å². The summed E-state index contributed by atoms with van der Waals surface area (Å²) in [6, 6.07) is 15.2. The van der Waals surface area contributed by atoms with Crippen molar-refractivity contribution in [3.63, 3.8) is 0 Å². The monoisotopic (exact) mass is 480 g/mol. The fourth-order valence-electron chi connectivity index (χ4n) is 5.17. The maximum Gasteiger partial charge on any atom is 0.407 e. The second kappa shape index (κ2) is 9.70. The van der Waals surface area contributed by atoms with Crippen LogP contribution in [0.3, 0.4) is 0 Å². The van der Waals surface area contributed by atoms with E-state index in [2.05, 4.69) is 17.4 Å². The number of fused-ring (bicyclic) bond motifs is 3. The van der Waals surface area contributed by atoms with Crippen molar-refractivity contribution in [1.29, 1.82) is 0 Å². The summed E-state index contributed by atoms with van der Waals surface area (Å²) < 4.78 is 11.0. The van der Waals surface area contributed by atoms with Crippen LogP contribution in [0.1, 0.15) is 44.2 Å². The largest absolute Gasteiger partial charge is 0.480 e. The van der Waals surface area contributed by atoms with Crippen LogP contribution in [-0.2, 0) is 19.1 Å². The molecular formula is C27H32N2O6. The molecule has 1 fully saturated rings. The van der Waals surface area contributed by atoms with Gasteiger partial charge in [0.1, 0.15) is 18.2 Å². The molecule has 1 heterocycles. The van der Waals surface area contributed by atoms with Crippen LogP contribution in [0.15, 0.2) is 48.5 Å². The van der Waals surface area contributed by atoms with Crippen LogP contribution >= 0.6 is 0 Å². The third-order valence-corrected chi connectivity index (χ3v) is 7.22. The maximum absolute atomic E-state index is 13.4. The molecule has 3 atom stereocenters. The van der Waals surface area contributed by atoms with Crippen LogP contribution in [0, 0.1) is 5.92 Å². The molecule has 1 aliphatic heterocycles. The lowest BCUT2D eigenvalue weighted by Gasteiger charge is -2.34. The number of aliphatic carboxylic acids is 1. The molecule has 0 spiro atoms. The number of nitrogens with zero attached hydrogens (tertiary/aromatic N) is 1. The van der Waals surface area contributed by atoms with Crippen LogP contribution in [-0.4, -0.2) is 65.9 Å². The highest BCUT2D eigenvalue weighted by molar-refractivity contribution is 5.92. The van der Waals surface area contributed by atoms with Crippen molar-refractivity contribution < 1.29 is 29.0 Å². The number of carbonyl (C=O) groups excluding carboxylic acids is 2. The first-order chi connectivity index (χ1) is 16.7. The molecule has 35 heavy (non-hydrogen) atoms. The van der Waals surface area contributed by atoms with Gasteiger partial charge in [-0.25, -0.2) is 9.59 Å². The van der Waals surface area contributed by atoms with Gasteiger partial charge in [-0.3, -0.25) is 4.79 Å². The molecule has 2 aromatic rings. The van der Waals surface area contributed by atoms with Gasteiger partial charge in [0, 0.05) is 26.0 Å².